The lowest BCUT2D eigenvalue weighted by molar-refractivity contribution is 0.109. The summed E-state index contributed by atoms with van der Waals surface area (Å²) in [5.74, 6) is 1.87. The molecule has 0 saturated heterocycles. The van der Waals surface area contributed by atoms with Gasteiger partial charge in [-0.3, -0.25) is 0 Å². The number of nitrogens with zero attached hydrogens (tertiary/aromatic N) is 2. The van der Waals surface area contributed by atoms with E-state index in [1.165, 1.54) is 0 Å². The Kier molecular flexibility index (Phi) is 5.54. The summed E-state index contributed by atoms with van der Waals surface area (Å²) in [6.07, 6.45) is 3.79. The quantitative estimate of drug-likeness (QED) is 0.764. The van der Waals surface area contributed by atoms with Crippen LogP contribution in [-0.4, -0.2) is 36.8 Å². The molecule has 0 unspecified atom stereocenters. The molecule has 0 fully saturated rings. The number of hydrogen-bond acceptors (Lipinski definition) is 5. The molecular formula is C14H23N3O2. The number of aryl methyl sites for hydroxylation is 1. The van der Waals surface area contributed by atoms with E-state index in [9.17, 15) is 0 Å². The van der Waals surface area contributed by atoms with Crippen molar-refractivity contribution in [1.29, 1.82) is 0 Å². The first-order valence-corrected chi connectivity index (χ1v) is 7.04. The summed E-state index contributed by atoms with van der Waals surface area (Å²) in [7, 11) is 1.72. The van der Waals surface area contributed by atoms with E-state index in [1.807, 2.05) is 0 Å². The molecule has 1 aromatic rings. The summed E-state index contributed by atoms with van der Waals surface area (Å²) >= 11 is 0. The highest BCUT2D eigenvalue weighted by Crippen LogP contribution is 2.22. The van der Waals surface area contributed by atoms with Crippen LogP contribution in [0.5, 0.6) is 0 Å². The first-order valence-electron chi connectivity index (χ1n) is 7.04. The smallest absolute Gasteiger partial charge is 0.135 e. The van der Waals surface area contributed by atoms with Gasteiger partial charge in [-0.25, -0.2) is 9.97 Å². The Bertz CT molecular complexity index is 410. The lowest BCUT2D eigenvalue weighted by Gasteiger charge is -2.20. The normalized spacial score (nSPS) is 14.2. The monoisotopic (exact) mass is 265 g/mol. The Balaban J connectivity index is 2.15. The highest BCUT2D eigenvalue weighted by Gasteiger charge is 2.17. The summed E-state index contributed by atoms with van der Waals surface area (Å²) in [6.45, 7) is 5.22. The summed E-state index contributed by atoms with van der Waals surface area (Å²) in [6, 6.07) is 0. The Morgan fingerprint density at radius 1 is 1.37 bits per heavy atom. The van der Waals surface area contributed by atoms with Gasteiger partial charge in [0.2, 0.25) is 0 Å². The van der Waals surface area contributed by atoms with Crippen LogP contribution in [-0.2, 0) is 28.9 Å². The van der Waals surface area contributed by atoms with E-state index in [0.717, 1.165) is 68.3 Å². The second-order valence-corrected chi connectivity index (χ2v) is 4.74. The molecule has 106 valence electrons. The molecule has 0 spiro atoms. The third-order valence-corrected chi connectivity index (χ3v) is 3.16. The minimum atomic E-state index is 0.625. The van der Waals surface area contributed by atoms with E-state index in [-0.39, 0.29) is 0 Å². The van der Waals surface area contributed by atoms with Crippen molar-refractivity contribution in [2.45, 2.75) is 39.2 Å². The van der Waals surface area contributed by atoms with Gasteiger partial charge in [-0.05, 0) is 12.8 Å². The van der Waals surface area contributed by atoms with Crippen molar-refractivity contribution in [3.05, 3.63) is 17.1 Å². The molecule has 0 aromatic carbocycles. The number of aromatic nitrogens is 2. The van der Waals surface area contributed by atoms with Crippen LogP contribution in [0.25, 0.3) is 0 Å². The maximum atomic E-state index is 5.51. The molecule has 0 bridgehead atoms. The number of hydrogen-bond donors (Lipinski definition) is 1. The molecule has 2 heterocycles. The topological polar surface area (TPSA) is 56.3 Å². The van der Waals surface area contributed by atoms with Gasteiger partial charge in [0, 0.05) is 38.7 Å². The number of fused-ring (bicyclic) bond motifs is 1. The average Bonchev–Trinajstić information content (AvgIpc) is 2.45. The Morgan fingerprint density at radius 2 is 2.26 bits per heavy atom. The Labute approximate surface area is 114 Å². The van der Waals surface area contributed by atoms with Crippen molar-refractivity contribution >= 4 is 5.82 Å². The molecule has 5 heteroatoms. The SMILES string of the molecule is CCCNc1nc(CCCOC)nc2c1COCC2. The van der Waals surface area contributed by atoms with E-state index in [1.54, 1.807) is 7.11 Å². The van der Waals surface area contributed by atoms with E-state index in [2.05, 4.69) is 22.2 Å². The second-order valence-electron chi connectivity index (χ2n) is 4.74. The zero-order valence-corrected chi connectivity index (χ0v) is 11.9. The zero-order chi connectivity index (χ0) is 13.5. The van der Waals surface area contributed by atoms with Crippen molar-refractivity contribution in [3.8, 4) is 0 Å². The minimum absolute atomic E-state index is 0.625. The highest BCUT2D eigenvalue weighted by atomic mass is 16.5. The Morgan fingerprint density at radius 3 is 3.05 bits per heavy atom. The molecule has 0 amide bonds. The molecule has 1 aliphatic rings. The first kappa shape index (κ1) is 14.2. The lowest BCUT2D eigenvalue weighted by atomic mass is 10.1. The predicted octanol–water partition coefficient (Wildman–Crippen LogP) is 1.95. The lowest BCUT2D eigenvalue weighted by Crippen LogP contribution is -2.18. The van der Waals surface area contributed by atoms with Crippen LogP contribution >= 0.6 is 0 Å². The molecule has 0 radical (unpaired) electrons. The third-order valence-electron chi connectivity index (χ3n) is 3.16. The molecule has 0 saturated carbocycles. The Hall–Kier alpha value is -1.20. The third kappa shape index (κ3) is 3.88. The van der Waals surface area contributed by atoms with Crippen molar-refractivity contribution in [1.82, 2.24) is 9.97 Å². The first-order chi connectivity index (χ1) is 9.35. The van der Waals surface area contributed by atoms with Gasteiger partial charge in [-0.15, -0.1) is 0 Å². The molecule has 0 aliphatic carbocycles. The van der Waals surface area contributed by atoms with Crippen LogP contribution in [0.2, 0.25) is 0 Å². The van der Waals surface area contributed by atoms with E-state index < -0.39 is 0 Å². The molecule has 0 atom stereocenters. The standard InChI is InChI=1S/C14H23N3O2/c1-3-7-15-14-11-10-19-9-6-12(11)16-13(17-14)5-4-8-18-2/h3-10H2,1-2H3,(H,15,16,17). The van der Waals surface area contributed by atoms with Gasteiger partial charge in [-0.1, -0.05) is 6.92 Å². The maximum absolute atomic E-state index is 5.51. The fourth-order valence-electron chi connectivity index (χ4n) is 2.16. The second kappa shape index (κ2) is 7.40. The molecule has 2 rings (SSSR count). The van der Waals surface area contributed by atoms with Gasteiger partial charge in [-0.2, -0.15) is 0 Å². The predicted molar refractivity (Wildman–Crippen MR) is 74.4 cm³/mol. The summed E-state index contributed by atoms with van der Waals surface area (Å²) in [5, 5.41) is 3.39. The zero-order valence-electron chi connectivity index (χ0n) is 11.9. The maximum Gasteiger partial charge on any atom is 0.135 e. The van der Waals surface area contributed by atoms with Crippen LogP contribution in [0.15, 0.2) is 0 Å². The van der Waals surface area contributed by atoms with Crippen LogP contribution < -0.4 is 5.32 Å². The van der Waals surface area contributed by atoms with E-state index in [0.29, 0.717) is 6.61 Å². The van der Waals surface area contributed by atoms with Gasteiger partial charge in [0.1, 0.15) is 11.6 Å². The van der Waals surface area contributed by atoms with Crippen molar-refractivity contribution in [2.24, 2.45) is 0 Å². The van der Waals surface area contributed by atoms with Crippen LogP contribution in [0.1, 0.15) is 36.8 Å². The highest BCUT2D eigenvalue weighted by molar-refractivity contribution is 5.47. The molecule has 5 nitrogen and oxygen atoms in total. The van der Waals surface area contributed by atoms with Crippen molar-refractivity contribution < 1.29 is 9.47 Å². The molecular weight excluding hydrogens is 242 g/mol. The number of rotatable bonds is 7. The van der Waals surface area contributed by atoms with Crippen LogP contribution in [0, 0.1) is 0 Å². The fourth-order valence-corrected chi connectivity index (χ4v) is 2.16. The van der Waals surface area contributed by atoms with Crippen molar-refractivity contribution in [2.75, 3.05) is 32.2 Å². The van der Waals surface area contributed by atoms with E-state index in [4.69, 9.17) is 9.47 Å². The number of nitrogens with one attached hydrogen (secondary N) is 1. The van der Waals surface area contributed by atoms with Gasteiger partial charge < -0.3 is 14.8 Å². The van der Waals surface area contributed by atoms with E-state index >= 15 is 0 Å². The summed E-state index contributed by atoms with van der Waals surface area (Å²) < 4.78 is 10.6. The molecule has 1 aliphatic heterocycles. The van der Waals surface area contributed by atoms with Gasteiger partial charge in [0.25, 0.3) is 0 Å². The molecule has 1 aromatic heterocycles. The molecule has 19 heavy (non-hydrogen) atoms. The fraction of sp³-hybridized carbons (Fsp3) is 0.714. The number of ether oxygens (including phenoxy) is 2. The summed E-state index contributed by atoms with van der Waals surface area (Å²) in [4.78, 5) is 9.30. The summed E-state index contributed by atoms with van der Waals surface area (Å²) in [5.41, 5.74) is 2.28. The van der Waals surface area contributed by atoms with Crippen LogP contribution in [0.3, 0.4) is 0 Å². The molecule has 1 N–H and O–H groups in total. The largest absolute Gasteiger partial charge is 0.385 e. The average molecular weight is 265 g/mol. The number of anilines is 1. The van der Waals surface area contributed by atoms with Crippen LogP contribution in [0.4, 0.5) is 5.82 Å². The van der Waals surface area contributed by atoms with Gasteiger partial charge in [0.15, 0.2) is 0 Å². The minimum Gasteiger partial charge on any atom is -0.385 e. The van der Waals surface area contributed by atoms with Gasteiger partial charge in [0.05, 0.1) is 18.9 Å². The number of methoxy groups -OCH3 is 1. The van der Waals surface area contributed by atoms with Crippen molar-refractivity contribution in [3.63, 3.8) is 0 Å². The van der Waals surface area contributed by atoms with Gasteiger partial charge >= 0.3 is 0 Å².